The largest absolute Gasteiger partial charge is 0.374 e. The van der Waals surface area contributed by atoms with E-state index in [0.29, 0.717) is 27.8 Å². The minimum Gasteiger partial charge on any atom is -0.374 e. The average Bonchev–Trinajstić information content (AvgIpc) is 3.52. The van der Waals surface area contributed by atoms with E-state index in [9.17, 15) is 5.11 Å². The molecule has 172 valence electrons. The predicted octanol–water partition coefficient (Wildman–Crippen LogP) is 4.62. The van der Waals surface area contributed by atoms with Crippen LogP contribution >= 0.6 is 34.2 Å². The molecule has 35 heavy (non-hydrogen) atoms. The first-order valence-corrected chi connectivity index (χ1v) is 12.1. The third-order valence-corrected chi connectivity index (χ3v) is 7.06. The Kier molecular flexibility index (Phi) is 5.28. The molecular formula is C25H17ClIN7O. The van der Waals surface area contributed by atoms with Crippen molar-refractivity contribution >= 4 is 50.9 Å². The molecule has 3 heterocycles. The summed E-state index contributed by atoms with van der Waals surface area (Å²) in [6.45, 7) is 0. The third-order valence-electron chi connectivity index (χ3n) is 6.11. The molecule has 0 bridgehead atoms. The van der Waals surface area contributed by atoms with Gasteiger partial charge in [-0.3, -0.25) is 0 Å². The standard InChI is InChI=1S/C25H17ClIN7O/c1-33-14-28-13-22(33)25(35,16-5-8-19(27)9-6-16)17-7-10-21-20(12-17)23(15-3-2-4-18(26)11-15)29-24-30-31-32-34(21)24/h2-14,35H,1H3. The van der Waals surface area contributed by atoms with Gasteiger partial charge in [0.15, 0.2) is 5.60 Å². The van der Waals surface area contributed by atoms with Crippen LogP contribution in [0, 0.1) is 3.57 Å². The van der Waals surface area contributed by atoms with E-state index in [1.807, 2.05) is 78.3 Å². The molecule has 0 aliphatic heterocycles. The highest BCUT2D eigenvalue weighted by atomic mass is 127. The summed E-state index contributed by atoms with van der Waals surface area (Å²) in [6.07, 6.45) is 3.36. The lowest BCUT2D eigenvalue weighted by Crippen LogP contribution is -2.31. The summed E-state index contributed by atoms with van der Waals surface area (Å²) in [7, 11) is 1.87. The topological polar surface area (TPSA) is 94.0 Å². The number of halogens is 2. The van der Waals surface area contributed by atoms with Crippen LogP contribution in [0.15, 0.2) is 79.3 Å². The fourth-order valence-electron chi connectivity index (χ4n) is 4.42. The van der Waals surface area contributed by atoms with E-state index in [1.54, 1.807) is 17.0 Å². The highest BCUT2D eigenvalue weighted by Crippen LogP contribution is 2.39. The quantitative estimate of drug-likeness (QED) is 0.300. The zero-order valence-corrected chi connectivity index (χ0v) is 21.3. The number of fused-ring (bicyclic) bond motifs is 3. The molecule has 0 saturated heterocycles. The molecule has 1 N–H and O–H groups in total. The summed E-state index contributed by atoms with van der Waals surface area (Å²) >= 11 is 8.55. The first kappa shape index (κ1) is 22.1. The van der Waals surface area contributed by atoms with Crippen LogP contribution in [0.4, 0.5) is 0 Å². The molecule has 3 aromatic carbocycles. The Morgan fingerprint density at radius 1 is 1.00 bits per heavy atom. The number of hydrogen-bond donors (Lipinski definition) is 1. The molecule has 0 fully saturated rings. The van der Waals surface area contributed by atoms with Gasteiger partial charge in [-0.2, -0.15) is 4.52 Å². The van der Waals surface area contributed by atoms with E-state index in [2.05, 4.69) is 43.1 Å². The van der Waals surface area contributed by atoms with E-state index < -0.39 is 5.60 Å². The molecule has 0 aliphatic rings. The highest BCUT2D eigenvalue weighted by molar-refractivity contribution is 14.1. The lowest BCUT2D eigenvalue weighted by atomic mass is 9.83. The smallest absolute Gasteiger partial charge is 0.274 e. The minimum atomic E-state index is -1.47. The maximum atomic E-state index is 12.4. The van der Waals surface area contributed by atoms with E-state index in [-0.39, 0.29) is 0 Å². The number of rotatable bonds is 4. The van der Waals surface area contributed by atoms with E-state index in [4.69, 9.17) is 16.6 Å². The monoisotopic (exact) mass is 593 g/mol. The van der Waals surface area contributed by atoms with Crippen LogP contribution in [0.25, 0.3) is 27.9 Å². The van der Waals surface area contributed by atoms with Crippen LogP contribution < -0.4 is 0 Å². The van der Waals surface area contributed by atoms with Gasteiger partial charge in [0.2, 0.25) is 0 Å². The normalized spacial score (nSPS) is 13.4. The molecule has 8 nitrogen and oxygen atoms in total. The Labute approximate surface area is 218 Å². The van der Waals surface area contributed by atoms with Crippen molar-refractivity contribution in [2.45, 2.75) is 5.60 Å². The lowest BCUT2D eigenvalue weighted by molar-refractivity contribution is 0.117. The molecule has 3 aromatic heterocycles. The van der Waals surface area contributed by atoms with E-state index in [1.165, 1.54) is 0 Å². The van der Waals surface area contributed by atoms with E-state index in [0.717, 1.165) is 25.6 Å². The van der Waals surface area contributed by atoms with Crippen LogP contribution in [0.1, 0.15) is 16.8 Å². The van der Waals surface area contributed by atoms with Crippen LogP contribution in [0.5, 0.6) is 0 Å². The first-order chi connectivity index (χ1) is 16.9. The van der Waals surface area contributed by atoms with Gasteiger partial charge in [0.1, 0.15) is 0 Å². The van der Waals surface area contributed by atoms with Crippen molar-refractivity contribution in [3.05, 3.63) is 105 Å². The van der Waals surface area contributed by atoms with Gasteiger partial charge in [0.25, 0.3) is 5.78 Å². The number of hydrogen-bond acceptors (Lipinski definition) is 6. The zero-order valence-electron chi connectivity index (χ0n) is 18.3. The molecule has 0 aliphatic carbocycles. The molecule has 0 radical (unpaired) electrons. The number of benzene rings is 3. The van der Waals surface area contributed by atoms with Crippen molar-refractivity contribution in [3.8, 4) is 11.3 Å². The number of nitrogens with zero attached hydrogens (tertiary/aromatic N) is 7. The van der Waals surface area contributed by atoms with Gasteiger partial charge in [-0.05, 0) is 80.5 Å². The predicted molar refractivity (Wildman–Crippen MR) is 141 cm³/mol. The lowest BCUT2D eigenvalue weighted by Gasteiger charge is -2.30. The molecule has 0 spiro atoms. The van der Waals surface area contributed by atoms with Crippen molar-refractivity contribution in [1.82, 2.24) is 34.6 Å². The van der Waals surface area contributed by atoms with Crippen LogP contribution in [0.2, 0.25) is 5.02 Å². The summed E-state index contributed by atoms with van der Waals surface area (Å²) in [5.74, 6) is 0.375. The second-order valence-corrected chi connectivity index (χ2v) is 9.88. The van der Waals surface area contributed by atoms with Crippen molar-refractivity contribution < 1.29 is 5.11 Å². The Morgan fingerprint density at radius 2 is 1.80 bits per heavy atom. The maximum Gasteiger partial charge on any atom is 0.274 e. The van der Waals surface area contributed by atoms with Crippen LogP contribution in [-0.2, 0) is 12.6 Å². The number of aromatic nitrogens is 7. The van der Waals surface area contributed by atoms with Crippen LogP contribution in [-0.4, -0.2) is 39.7 Å². The van der Waals surface area contributed by atoms with Gasteiger partial charge in [-0.25, -0.2) is 9.97 Å². The van der Waals surface area contributed by atoms with Gasteiger partial charge < -0.3 is 9.67 Å². The number of aliphatic hydroxyl groups is 1. The van der Waals surface area contributed by atoms with Crippen molar-refractivity contribution in [2.24, 2.45) is 7.05 Å². The van der Waals surface area contributed by atoms with Gasteiger partial charge >= 0.3 is 0 Å². The molecule has 0 saturated carbocycles. The molecule has 6 rings (SSSR count). The third kappa shape index (κ3) is 3.58. The molecule has 1 unspecified atom stereocenters. The van der Waals surface area contributed by atoms with Crippen molar-refractivity contribution in [3.63, 3.8) is 0 Å². The SMILES string of the molecule is Cn1cncc1C(O)(c1ccc(I)cc1)c1ccc2c(c1)c(-c1cccc(Cl)c1)nc1nnnn12. The minimum absolute atomic E-state index is 0.375. The van der Waals surface area contributed by atoms with Gasteiger partial charge in [-0.15, -0.1) is 0 Å². The number of tetrazole rings is 1. The van der Waals surface area contributed by atoms with Gasteiger partial charge in [0.05, 0.1) is 29.4 Å². The number of aryl methyl sites for hydroxylation is 1. The van der Waals surface area contributed by atoms with Crippen molar-refractivity contribution in [1.29, 1.82) is 0 Å². The Balaban J connectivity index is 1.68. The molecule has 1 atom stereocenters. The average molecular weight is 594 g/mol. The molecule has 10 heteroatoms. The number of imidazole rings is 1. The Morgan fingerprint density at radius 3 is 2.54 bits per heavy atom. The maximum absolute atomic E-state index is 12.4. The molecular weight excluding hydrogens is 577 g/mol. The van der Waals surface area contributed by atoms with Gasteiger partial charge in [0, 0.05) is 26.6 Å². The summed E-state index contributed by atoms with van der Waals surface area (Å²) in [5.41, 5.74) is 2.80. The Hall–Kier alpha value is -3.41. The van der Waals surface area contributed by atoms with E-state index >= 15 is 0 Å². The second kappa shape index (κ2) is 8.36. The zero-order chi connectivity index (χ0) is 24.2. The Bertz CT molecular complexity index is 1710. The highest BCUT2D eigenvalue weighted by Gasteiger charge is 2.37. The molecule has 0 amide bonds. The second-order valence-electron chi connectivity index (χ2n) is 8.20. The fourth-order valence-corrected chi connectivity index (χ4v) is 4.97. The summed E-state index contributed by atoms with van der Waals surface area (Å²) in [5, 5.41) is 25.7. The summed E-state index contributed by atoms with van der Waals surface area (Å²) in [4.78, 5) is 9.00. The molecule has 6 aromatic rings. The van der Waals surface area contributed by atoms with Crippen LogP contribution in [0.3, 0.4) is 0 Å². The summed E-state index contributed by atoms with van der Waals surface area (Å²) < 4.78 is 4.48. The van der Waals surface area contributed by atoms with Crippen molar-refractivity contribution in [2.75, 3.05) is 0 Å². The summed E-state index contributed by atoms with van der Waals surface area (Å²) in [6, 6.07) is 21.0. The van der Waals surface area contributed by atoms with Gasteiger partial charge in [-0.1, -0.05) is 47.0 Å². The fraction of sp³-hybridized carbons (Fsp3) is 0.0800. The first-order valence-electron chi connectivity index (χ1n) is 10.7.